The summed E-state index contributed by atoms with van der Waals surface area (Å²) in [5.41, 5.74) is 4.49. The van der Waals surface area contributed by atoms with Crippen molar-refractivity contribution in [1.82, 2.24) is 15.2 Å². The van der Waals surface area contributed by atoms with Crippen LogP contribution in [0.4, 0.5) is 11.4 Å². The van der Waals surface area contributed by atoms with Crippen molar-refractivity contribution in [3.05, 3.63) is 103 Å². The van der Waals surface area contributed by atoms with Gasteiger partial charge in [0.25, 0.3) is 18.4 Å². The summed E-state index contributed by atoms with van der Waals surface area (Å²) in [7, 11) is -4.24. The first-order valence-electron chi connectivity index (χ1n) is 14.3. The molecule has 3 aromatic rings. The molecule has 0 aliphatic carbocycles. The molecule has 0 aromatic heterocycles. The highest BCUT2D eigenvalue weighted by Crippen LogP contribution is 2.33. The van der Waals surface area contributed by atoms with Crippen LogP contribution < -0.4 is 15.2 Å². The quantitative estimate of drug-likeness (QED) is 0.0470. The van der Waals surface area contributed by atoms with Gasteiger partial charge in [0, 0.05) is 24.2 Å². The fraction of sp³-hybridized carbons (Fsp3) is 0.310. The Labute approximate surface area is 275 Å². The number of halogens is 1. The van der Waals surface area contributed by atoms with Gasteiger partial charge in [-0.05, 0) is 74.7 Å². The van der Waals surface area contributed by atoms with Gasteiger partial charge in [0.2, 0.25) is 15.3 Å². The zero-order valence-electron chi connectivity index (χ0n) is 25.6. The van der Waals surface area contributed by atoms with E-state index < -0.39 is 33.6 Å². The average molecular weight is 690 g/mol. The number of sulfonamides is 1. The standard InChI is InChI=1S/C29H32ClN7O9S/c1-4-34(5-2)37(42)33-46-18-45-29(39)22-8-6-7-20(14-22)17-31-47(43,44)27-16-21(9-11-25(27)30)28(38)32-35-19(3)13-23-15-24(36(40)41)10-12-26(23)35/h6-12,14-16,19,31H,4-5,13,17-18H2,1-3H3,(H,32,38). The molecule has 16 nitrogen and oxygen atoms in total. The second-order valence-electron chi connectivity index (χ2n) is 10.3. The third kappa shape index (κ3) is 8.43. The number of nitrogens with zero attached hydrogens (tertiary/aromatic N) is 5. The Bertz CT molecular complexity index is 1800. The van der Waals surface area contributed by atoms with Crippen LogP contribution in [0.3, 0.4) is 0 Å². The van der Waals surface area contributed by atoms with Crippen LogP contribution in [0.15, 0.2) is 70.8 Å². The summed E-state index contributed by atoms with van der Waals surface area (Å²) in [6.45, 7) is 5.31. The Kier molecular flexibility index (Phi) is 11.2. The lowest BCUT2D eigenvalue weighted by Gasteiger charge is -2.25. The molecule has 18 heteroatoms. The summed E-state index contributed by atoms with van der Waals surface area (Å²) in [6.07, 6.45) is 0.459. The van der Waals surface area contributed by atoms with E-state index in [1.807, 2.05) is 6.92 Å². The largest absolute Gasteiger partial charge is 0.569 e. The van der Waals surface area contributed by atoms with E-state index in [1.54, 1.807) is 31.0 Å². The highest BCUT2D eigenvalue weighted by atomic mass is 35.5. The maximum atomic E-state index is 13.2. The van der Waals surface area contributed by atoms with E-state index in [0.29, 0.717) is 36.3 Å². The molecule has 1 amide bonds. The predicted molar refractivity (Wildman–Crippen MR) is 168 cm³/mol. The number of non-ortho nitro benzene ring substituents is 1. The van der Waals surface area contributed by atoms with Crippen molar-refractivity contribution in [2.24, 2.45) is 5.28 Å². The third-order valence-electron chi connectivity index (χ3n) is 7.17. The number of hydrogen-bond donors (Lipinski definition) is 2. The third-order valence-corrected chi connectivity index (χ3v) is 9.05. The van der Waals surface area contributed by atoms with Gasteiger partial charge in [-0.3, -0.25) is 25.3 Å². The minimum Gasteiger partial charge on any atom is -0.569 e. The number of anilines is 1. The molecule has 0 spiro atoms. The molecule has 0 fully saturated rings. The van der Waals surface area contributed by atoms with E-state index in [9.17, 15) is 33.3 Å². The van der Waals surface area contributed by atoms with Gasteiger partial charge in [-0.25, -0.2) is 17.9 Å². The second kappa shape index (κ2) is 15.1. The van der Waals surface area contributed by atoms with Crippen LogP contribution in [0, 0.1) is 15.3 Å². The first-order valence-corrected chi connectivity index (χ1v) is 16.2. The number of nitro groups is 1. The van der Waals surface area contributed by atoms with Crippen LogP contribution in [0.25, 0.3) is 0 Å². The monoisotopic (exact) mass is 689 g/mol. The fourth-order valence-electron chi connectivity index (χ4n) is 4.74. The van der Waals surface area contributed by atoms with Gasteiger partial charge in [-0.2, -0.15) is 0 Å². The summed E-state index contributed by atoms with van der Waals surface area (Å²) in [5, 5.41) is 29.0. The van der Waals surface area contributed by atoms with Crippen molar-refractivity contribution in [3.63, 3.8) is 0 Å². The topological polar surface area (TPSA) is 199 Å². The molecule has 1 heterocycles. The van der Waals surface area contributed by atoms with Crippen molar-refractivity contribution >= 4 is 44.9 Å². The summed E-state index contributed by atoms with van der Waals surface area (Å²) in [4.78, 5) is 40.9. The van der Waals surface area contributed by atoms with Crippen LogP contribution in [-0.2, 0) is 32.6 Å². The lowest BCUT2D eigenvalue weighted by Crippen LogP contribution is -2.45. The number of rotatable bonds is 14. The molecule has 0 bridgehead atoms. The molecule has 47 heavy (non-hydrogen) atoms. The molecule has 0 saturated carbocycles. The highest BCUT2D eigenvalue weighted by Gasteiger charge is 2.30. The number of carbonyl (C=O) groups excluding carboxylic acids is 2. The lowest BCUT2D eigenvalue weighted by atomic mass is 10.1. The Balaban J connectivity index is 1.39. The number of hydrazine groups is 2. The molecule has 3 aromatic carbocycles. The number of amides is 1. The summed E-state index contributed by atoms with van der Waals surface area (Å²) in [6, 6.07) is 13.9. The zero-order valence-corrected chi connectivity index (χ0v) is 27.2. The van der Waals surface area contributed by atoms with Crippen LogP contribution in [-0.4, -0.2) is 61.1 Å². The van der Waals surface area contributed by atoms with Gasteiger partial charge in [0.1, 0.15) is 4.90 Å². The molecular weight excluding hydrogens is 658 g/mol. The van der Waals surface area contributed by atoms with E-state index in [4.69, 9.17) is 21.2 Å². The van der Waals surface area contributed by atoms with Crippen molar-refractivity contribution in [2.75, 3.05) is 24.9 Å². The Morgan fingerprint density at radius 1 is 1.09 bits per heavy atom. The van der Waals surface area contributed by atoms with E-state index in [2.05, 4.69) is 15.4 Å². The van der Waals surface area contributed by atoms with Gasteiger partial charge >= 0.3 is 5.97 Å². The Morgan fingerprint density at radius 2 is 1.83 bits per heavy atom. The molecule has 4 rings (SSSR count). The van der Waals surface area contributed by atoms with Gasteiger partial charge in [-0.1, -0.05) is 23.7 Å². The van der Waals surface area contributed by atoms with Gasteiger partial charge in [0.15, 0.2) is 0 Å². The minimum absolute atomic E-state index is 0.00762. The van der Waals surface area contributed by atoms with Gasteiger partial charge in [0.05, 0.1) is 45.3 Å². The van der Waals surface area contributed by atoms with Crippen LogP contribution in [0.1, 0.15) is 52.6 Å². The van der Waals surface area contributed by atoms with Crippen molar-refractivity contribution in [3.8, 4) is 0 Å². The molecule has 0 radical (unpaired) electrons. The van der Waals surface area contributed by atoms with Crippen molar-refractivity contribution in [2.45, 2.75) is 44.7 Å². The van der Waals surface area contributed by atoms with E-state index >= 15 is 0 Å². The summed E-state index contributed by atoms with van der Waals surface area (Å²) in [5.74, 6) is -1.41. The van der Waals surface area contributed by atoms with Crippen LogP contribution in [0.2, 0.25) is 5.02 Å². The number of ether oxygens (including phenoxy) is 1. The molecule has 1 atom stereocenters. The lowest BCUT2D eigenvalue weighted by molar-refractivity contribution is -0.710. The number of hydrogen-bond acceptors (Lipinski definition) is 11. The van der Waals surface area contributed by atoms with E-state index in [-0.39, 0.29) is 44.3 Å². The molecule has 1 aliphatic rings. The number of nitrogens with one attached hydrogen (secondary N) is 2. The number of carbonyl (C=O) groups is 2. The first kappa shape index (κ1) is 34.9. The fourth-order valence-corrected chi connectivity index (χ4v) is 6.28. The van der Waals surface area contributed by atoms with E-state index in [1.165, 1.54) is 47.5 Å². The first-order chi connectivity index (χ1) is 22.3. The van der Waals surface area contributed by atoms with Crippen LogP contribution in [0.5, 0.6) is 0 Å². The molecular formula is C29H32ClN7O9S. The minimum atomic E-state index is -4.24. The molecule has 1 unspecified atom stereocenters. The SMILES string of the molecule is CCN(CC)[N+]([O-])=NOCOC(=O)c1cccc(CNS(=O)(=O)c2cc(C(=O)NN3c4ccc([N+](=O)[O-])cc4CC3C)ccc2Cl)c1. The smallest absolute Gasteiger partial charge is 0.341 e. The molecule has 2 N–H and O–H groups in total. The number of benzene rings is 3. The number of nitro benzene ring substituents is 1. The number of fused-ring (bicyclic) bond motifs is 1. The van der Waals surface area contributed by atoms with Gasteiger partial charge < -0.3 is 14.8 Å². The molecule has 250 valence electrons. The number of esters is 1. The Hall–Kier alpha value is -5.00. The molecule has 1 aliphatic heterocycles. The van der Waals surface area contributed by atoms with Gasteiger partial charge in [-0.15, -0.1) is 5.01 Å². The highest BCUT2D eigenvalue weighted by molar-refractivity contribution is 7.89. The molecule has 0 saturated heterocycles. The van der Waals surface area contributed by atoms with E-state index in [0.717, 1.165) is 6.07 Å². The average Bonchev–Trinajstić information content (AvgIpc) is 3.36. The maximum absolute atomic E-state index is 13.2. The summed E-state index contributed by atoms with van der Waals surface area (Å²) < 4.78 is 33.9. The summed E-state index contributed by atoms with van der Waals surface area (Å²) >= 11 is 6.23. The maximum Gasteiger partial charge on any atom is 0.341 e. The van der Waals surface area contributed by atoms with Crippen molar-refractivity contribution in [1.29, 1.82) is 0 Å². The second-order valence-corrected chi connectivity index (χ2v) is 12.4. The van der Waals surface area contributed by atoms with Crippen LogP contribution >= 0.6 is 11.6 Å². The normalized spacial score (nSPS) is 14.3. The van der Waals surface area contributed by atoms with Crippen molar-refractivity contribution < 1.29 is 37.5 Å². The predicted octanol–water partition coefficient (Wildman–Crippen LogP) is 4.09. The Morgan fingerprint density at radius 3 is 2.53 bits per heavy atom. The zero-order chi connectivity index (χ0) is 34.3.